The number of rotatable bonds is 9. The first kappa shape index (κ1) is 16.7. The third-order valence-electron chi connectivity index (χ3n) is 3.73. The zero-order valence-corrected chi connectivity index (χ0v) is 12.4. The Morgan fingerprint density at radius 1 is 1.35 bits per heavy atom. The van der Waals surface area contributed by atoms with Crippen molar-refractivity contribution in [1.29, 1.82) is 0 Å². The van der Waals surface area contributed by atoms with Crippen LogP contribution in [0.4, 0.5) is 0 Å². The fraction of sp³-hybridized carbons (Fsp3) is 0.562. The first-order chi connectivity index (χ1) is 9.58. The van der Waals surface area contributed by atoms with Crippen LogP contribution in [0.1, 0.15) is 37.3 Å². The Morgan fingerprint density at radius 3 is 2.60 bits per heavy atom. The fourth-order valence-electron chi connectivity index (χ4n) is 2.36. The molecule has 0 spiro atoms. The molecule has 3 N–H and O–H groups in total. The van der Waals surface area contributed by atoms with E-state index in [0.29, 0.717) is 19.6 Å². The summed E-state index contributed by atoms with van der Waals surface area (Å²) in [5, 5.41) is 9.67. The van der Waals surface area contributed by atoms with Crippen LogP contribution < -0.4 is 5.73 Å². The second-order valence-corrected chi connectivity index (χ2v) is 5.12. The molecule has 0 amide bonds. The van der Waals surface area contributed by atoms with Gasteiger partial charge in [0.1, 0.15) is 5.41 Å². The Kier molecular flexibility index (Phi) is 6.68. The Balaban J connectivity index is 2.87. The molecule has 0 fully saturated rings. The SMILES string of the molecule is CCCCOCCC(CN)(C(=O)O)c1ccccc1C. The van der Waals surface area contributed by atoms with E-state index in [2.05, 4.69) is 6.92 Å². The van der Waals surface area contributed by atoms with Crippen molar-refractivity contribution in [3.63, 3.8) is 0 Å². The summed E-state index contributed by atoms with van der Waals surface area (Å²) in [6, 6.07) is 7.52. The van der Waals surface area contributed by atoms with E-state index in [-0.39, 0.29) is 6.54 Å². The minimum Gasteiger partial charge on any atom is -0.481 e. The number of carbonyl (C=O) groups is 1. The molecule has 0 aliphatic rings. The average molecular weight is 279 g/mol. The van der Waals surface area contributed by atoms with Gasteiger partial charge in [0.05, 0.1) is 0 Å². The number of aryl methyl sites for hydroxylation is 1. The molecule has 0 radical (unpaired) electrons. The largest absolute Gasteiger partial charge is 0.481 e. The molecule has 0 bridgehead atoms. The third-order valence-corrected chi connectivity index (χ3v) is 3.73. The highest BCUT2D eigenvalue weighted by Crippen LogP contribution is 2.30. The minimum atomic E-state index is -1.06. The van der Waals surface area contributed by atoms with E-state index in [1.807, 2.05) is 31.2 Å². The number of carboxylic acid groups (broad SMARTS) is 1. The van der Waals surface area contributed by atoms with Gasteiger partial charge in [0.25, 0.3) is 0 Å². The third kappa shape index (κ3) is 3.81. The maximum atomic E-state index is 11.8. The van der Waals surface area contributed by atoms with Gasteiger partial charge in [0, 0.05) is 19.8 Å². The Bertz CT molecular complexity index is 433. The molecule has 20 heavy (non-hydrogen) atoms. The monoisotopic (exact) mass is 279 g/mol. The number of aliphatic carboxylic acids is 1. The second kappa shape index (κ2) is 8.02. The smallest absolute Gasteiger partial charge is 0.315 e. The van der Waals surface area contributed by atoms with Crippen LogP contribution >= 0.6 is 0 Å². The lowest BCUT2D eigenvalue weighted by Gasteiger charge is -2.30. The summed E-state index contributed by atoms with van der Waals surface area (Å²) in [4.78, 5) is 11.8. The number of unbranched alkanes of at least 4 members (excludes halogenated alkanes) is 1. The summed E-state index contributed by atoms with van der Waals surface area (Å²) >= 11 is 0. The maximum absolute atomic E-state index is 11.8. The van der Waals surface area contributed by atoms with Gasteiger partial charge in [-0.15, -0.1) is 0 Å². The molecule has 1 unspecified atom stereocenters. The van der Waals surface area contributed by atoms with Gasteiger partial charge in [0.2, 0.25) is 0 Å². The summed E-state index contributed by atoms with van der Waals surface area (Å²) in [7, 11) is 0. The van der Waals surface area contributed by atoms with Crippen molar-refractivity contribution in [2.45, 2.75) is 38.5 Å². The van der Waals surface area contributed by atoms with Crippen LogP contribution in [0.2, 0.25) is 0 Å². The highest BCUT2D eigenvalue weighted by Gasteiger charge is 2.39. The Labute approximate surface area is 120 Å². The predicted octanol–water partition coefficient (Wildman–Crippen LogP) is 2.48. The van der Waals surface area contributed by atoms with Crippen molar-refractivity contribution in [3.8, 4) is 0 Å². The lowest BCUT2D eigenvalue weighted by atomic mass is 9.76. The Hall–Kier alpha value is -1.39. The molecule has 1 aromatic carbocycles. The molecular weight excluding hydrogens is 254 g/mol. The molecule has 0 aliphatic carbocycles. The number of hydrogen-bond donors (Lipinski definition) is 2. The van der Waals surface area contributed by atoms with Crippen molar-refractivity contribution in [1.82, 2.24) is 0 Å². The summed E-state index contributed by atoms with van der Waals surface area (Å²) in [5.41, 5.74) is 6.50. The predicted molar refractivity (Wildman–Crippen MR) is 79.9 cm³/mol. The van der Waals surface area contributed by atoms with Crippen molar-refractivity contribution in [3.05, 3.63) is 35.4 Å². The van der Waals surface area contributed by atoms with Crippen LogP contribution in [-0.2, 0) is 14.9 Å². The van der Waals surface area contributed by atoms with Crippen LogP contribution in [0.3, 0.4) is 0 Å². The van der Waals surface area contributed by atoms with E-state index in [4.69, 9.17) is 10.5 Å². The van der Waals surface area contributed by atoms with E-state index in [0.717, 1.165) is 24.0 Å². The quantitative estimate of drug-likeness (QED) is 0.681. The van der Waals surface area contributed by atoms with Crippen molar-refractivity contribution < 1.29 is 14.6 Å². The zero-order valence-electron chi connectivity index (χ0n) is 12.4. The van der Waals surface area contributed by atoms with Gasteiger partial charge < -0.3 is 15.6 Å². The van der Waals surface area contributed by atoms with Gasteiger partial charge in [-0.25, -0.2) is 0 Å². The number of carboxylic acids is 1. The van der Waals surface area contributed by atoms with Crippen LogP contribution in [0, 0.1) is 6.92 Å². The highest BCUT2D eigenvalue weighted by molar-refractivity contribution is 5.82. The molecule has 1 atom stereocenters. The highest BCUT2D eigenvalue weighted by atomic mass is 16.5. The van der Waals surface area contributed by atoms with E-state index >= 15 is 0 Å². The lowest BCUT2D eigenvalue weighted by Crippen LogP contribution is -2.44. The summed E-state index contributed by atoms with van der Waals surface area (Å²) in [6.45, 7) is 5.17. The molecule has 0 aliphatic heterocycles. The average Bonchev–Trinajstić information content (AvgIpc) is 2.44. The van der Waals surface area contributed by atoms with Gasteiger partial charge in [-0.3, -0.25) is 4.79 Å². The molecule has 1 aromatic rings. The van der Waals surface area contributed by atoms with Crippen LogP contribution in [0.25, 0.3) is 0 Å². The van der Waals surface area contributed by atoms with Crippen LogP contribution in [0.5, 0.6) is 0 Å². The van der Waals surface area contributed by atoms with Crippen LogP contribution in [-0.4, -0.2) is 30.8 Å². The number of nitrogens with two attached hydrogens (primary N) is 1. The van der Waals surface area contributed by atoms with Crippen LogP contribution in [0.15, 0.2) is 24.3 Å². The molecule has 1 rings (SSSR count). The zero-order chi connectivity index (χ0) is 15.0. The number of ether oxygens (including phenoxy) is 1. The van der Waals surface area contributed by atoms with E-state index < -0.39 is 11.4 Å². The molecule has 112 valence electrons. The van der Waals surface area contributed by atoms with Gasteiger partial charge in [-0.1, -0.05) is 37.6 Å². The van der Waals surface area contributed by atoms with Gasteiger partial charge in [0.15, 0.2) is 0 Å². The summed E-state index contributed by atoms with van der Waals surface area (Å²) < 4.78 is 5.52. The second-order valence-electron chi connectivity index (χ2n) is 5.12. The molecule has 4 heteroatoms. The molecule has 0 saturated carbocycles. The maximum Gasteiger partial charge on any atom is 0.315 e. The summed E-state index contributed by atoms with van der Waals surface area (Å²) in [5.74, 6) is -0.881. The molecule has 0 aromatic heterocycles. The van der Waals surface area contributed by atoms with E-state index in [9.17, 15) is 9.90 Å². The van der Waals surface area contributed by atoms with E-state index in [1.165, 1.54) is 0 Å². The van der Waals surface area contributed by atoms with Gasteiger partial charge >= 0.3 is 5.97 Å². The van der Waals surface area contributed by atoms with E-state index in [1.54, 1.807) is 0 Å². The molecule has 4 nitrogen and oxygen atoms in total. The minimum absolute atomic E-state index is 0.0737. The first-order valence-corrected chi connectivity index (χ1v) is 7.15. The molecule has 0 heterocycles. The lowest BCUT2D eigenvalue weighted by molar-refractivity contribution is -0.144. The van der Waals surface area contributed by atoms with Crippen molar-refractivity contribution >= 4 is 5.97 Å². The fourth-order valence-corrected chi connectivity index (χ4v) is 2.36. The Morgan fingerprint density at radius 2 is 2.05 bits per heavy atom. The summed E-state index contributed by atoms with van der Waals surface area (Å²) in [6.07, 6.45) is 2.46. The van der Waals surface area contributed by atoms with Crippen molar-refractivity contribution in [2.75, 3.05) is 19.8 Å². The normalized spacial score (nSPS) is 13.9. The molecular formula is C16H25NO3. The van der Waals surface area contributed by atoms with Crippen molar-refractivity contribution in [2.24, 2.45) is 5.73 Å². The first-order valence-electron chi connectivity index (χ1n) is 7.15. The molecule has 0 saturated heterocycles. The number of benzene rings is 1. The standard InChI is InChI=1S/C16H25NO3/c1-3-4-10-20-11-9-16(12-17,15(18)19)14-8-6-5-7-13(14)2/h5-8H,3-4,9-12,17H2,1-2H3,(H,18,19). The van der Waals surface area contributed by atoms with Gasteiger partial charge in [-0.05, 0) is 30.9 Å². The van der Waals surface area contributed by atoms with Gasteiger partial charge in [-0.2, -0.15) is 0 Å². The topological polar surface area (TPSA) is 72.5 Å². The number of hydrogen-bond acceptors (Lipinski definition) is 3.